The van der Waals surface area contributed by atoms with Crippen LogP contribution in [0.5, 0.6) is 0 Å². The van der Waals surface area contributed by atoms with Crippen LogP contribution in [0.15, 0.2) is 24.3 Å². The van der Waals surface area contributed by atoms with Gasteiger partial charge in [0.1, 0.15) is 11.4 Å². The zero-order valence-corrected chi connectivity index (χ0v) is 18.0. The fraction of sp³-hybridized carbons (Fsp3) is 0.619. The lowest BCUT2D eigenvalue weighted by molar-refractivity contribution is -0.123. The molecule has 2 unspecified atom stereocenters. The molecule has 158 valence electrons. The number of ether oxygens (including phenoxy) is 1. The van der Waals surface area contributed by atoms with E-state index in [1.165, 1.54) is 12.1 Å². The van der Waals surface area contributed by atoms with Crippen molar-refractivity contribution in [3.63, 3.8) is 0 Å². The van der Waals surface area contributed by atoms with Crippen molar-refractivity contribution < 1.29 is 18.7 Å². The smallest absolute Gasteiger partial charge is 0.407 e. The molecule has 0 spiro atoms. The Hall–Kier alpha value is -2.15. The first-order chi connectivity index (χ1) is 12.9. The second-order valence-electron chi connectivity index (χ2n) is 8.49. The van der Waals surface area contributed by atoms with Gasteiger partial charge in [0.25, 0.3) is 0 Å². The monoisotopic (exact) mass is 395 g/mol. The van der Waals surface area contributed by atoms with Crippen molar-refractivity contribution in [1.82, 2.24) is 15.5 Å². The van der Waals surface area contributed by atoms with Crippen LogP contribution in [0.3, 0.4) is 0 Å². The predicted molar refractivity (Wildman–Crippen MR) is 108 cm³/mol. The maximum absolute atomic E-state index is 13.2. The molecule has 0 saturated carbocycles. The van der Waals surface area contributed by atoms with Crippen LogP contribution in [0.25, 0.3) is 0 Å². The maximum atomic E-state index is 13.2. The number of amides is 2. The van der Waals surface area contributed by atoms with Crippen LogP contribution >= 0.6 is 0 Å². The van der Waals surface area contributed by atoms with Crippen LogP contribution in [-0.2, 0) is 9.53 Å². The maximum Gasteiger partial charge on any atom is 0.407 e. The van der Waals surface area contributed by atoms with Gasteiger partial charge in [-0.05, 0) is 58.4 Å². The Morgan fingerprint density at radius 2 is 1.71 bits per heavy atom. The average Bonchev–Trinajstić information content (AvgIpc) is 2.56. The standard InChI is InChI=1S/C21H34FN3O3/c1-14(2)19(16-8-10-17(22)11-9-16)24-18(26)13-25(7)15(3)12-23-20(27)28-21(4,5)6/h8-11,14-15,19H,12-13H2,1-7H3,(H,23,27)(H,24,26). The Labute approximate surface area is 167 Å². The molecule has 0 heterocycles. The lowest BCUT2D eigenvalue weighted by atomic mass is 9.96. The van der Waals surface area contributed by atoms with Gasteiger partial charge in [0.2, 0.25) is 5.91 Å². The molecule has 28 heavy (non-hydrogen) atoms. The van der Waals surface area contributed by atoms with E-state index in [0.717, 1.165) is 5.56 Å². The van der Waals surface area contributed by atoms with Crippen molar-refractivity contribution in [2.24, 2.45) is 5.92 Å². The third-order valence-electron chi connectivity index (χ3n) is 4.30. The summed E-state index contributed by atoms with van der Waals surface area (Å²) in [6.07, 6.45) is -0.478. The quantitative estimate of drug-likeness (QED) is 0.707. The molecule has 2 N–H and O–H groups in total. The first-order valence-corrected chi connectivity index (χ1v) is 9.61. The van der Waals surface area contributed by atoms with Gasteiger partial charge in [-0.1, -0.05) is 26.0 Å². The SMILES string of the molecule is CC(C)C(NC(=O)CN(C)C(C)CNC(=O)OC(C)(C)C)c1ccc(F)cc1. The lowest BCUT2D eigenvalue weighted by Gasteiger charge is -2.28. The van der Waals surface area contributed by atoms with Gasteiger partial charge in [-0.25, -0.2) is 9.18 Å². The number of alkyl carbamates (subject to hydrolysis) is 1. The number of rotatable bonds is 8. The van der Waals surface area contributed by atoms with E-state index in [0.29, 0.717) is 6.54 Å². The molecule has 0 saturated heterocycles. The van der Waals surface area contributed by atoms with E-state index in [9.17, 15) is 14.0 Å². The number of benzene rings is 1. The molecule has 1 rings (SSSR count). The normalized spacial score (nSPS) is 13.9. The molecule has 0 aliphatic carbocycles. The highest BCUT2D eigenvalue weighted by molar-refractivity contribution is 5.78. The second kappa shape index (κ2) is 10.4. The molecule has 6 nitrogen and oxygen atoms in total. The second-order valence-corrected chi connectivity index (χ2v) is 8.49. The minimum Gasteiger partial charge on any atom is -0.444 e. The number of likely N-dealkylation sites (N-methyl/N-ethyl adjacent to an activating group) is 1. The summed E-state index contributed by atoms with van der Waals surface area (Å²) >= 11 is 0. The number of hydrogen-bond acceptors (Lipinski definition) is 4. The molecule has 0 bridgehead atoms. The van der Waals surface area contributed by atoms with E-state index in [4.69, 9.17) is 4.74 Å². The number of hydrogen-bond donors (Lipinski definition) is 2. The third-order valence-corrected chi connectivity index (χ3v) is 4.30. The minimum atomic E-state index is -0.550. The number of carbonyl (C=O) groups is 2. The van der Waals surface area contributed by atoms with E-state index in [1.54, 1.807) is 32.9 Å². The number of nitrogens with one attached hydrogen (secondary N) is 2. The van der Waals surface area contributed by atoms with E-state index in [1.807, 2.05) is 32.7 Å². The van der Waals surface area contributed by atoms with Crippen molar-refractivity contribution in [3.8, 4) is 0 Å². The van der Waals surface area contributed by atoms with Gasteiger partial charge in [0.05, 0.1) is 12.6 Å². The van der Waals surface area contributed by atoms with E-state index in [-0.39, 0.29) is 36.3 Å². The van der Waals surface area contributed by atoms with Crippen molar-refractivity contribution in [2.75, 3.05) is 20.1 Å². The Morgan fingerprint density at radius 3 is 2.21 bits per heavy atom. The average molecular weight is 396 g/mol. The summed E-state index contributed by atoms with van der Waals surface area (Å²) < 4.78 is 18.4. The van der Waals surface area contributed by atoms with Crippen LogP contribution in [0.1, 0.15) is 53.1 Å². The largest absolute Gasteiger partial charge is 0.444 e. The molecular weight excluding hydrogens is 361 g/mol. The fourth-order valence-corrected chi connectivity index (χ4v) is 2.61. The Morgan fingerprint density at radius 1 is 1.14 bits per heavy atom. The third kappa shape index (κ3) is 8.69. The molecule has 0 fully saturated rings. The highest BCUT2D eigenvalue weighted by Gasteiger charge is 2.21. The van der Waals surface area contributed by atoms with Crippen molar-refractivity contribution >= 4 is 12.0 Å². The number of halogens is 1. The Bertz CT molecular complexity index is 641. The Kier molecular flexibility index (Phi) is 8.88. The summed E-state index contributed by atoms with van der Waals surface area (Å²) in [6, 6.07) is 5.92. The summed E-state index contributed by atoms with van der Waals surface area (Å²) in [4.78, 5) is 26.1. The predicted octanol–water partition coefficient (Wildman–Crippen LogP) is 3.48. The van der Waals surface area contributed by atoms with Crippen molar-refractivity contribution in [1.29, 1.82) is 0 Å². The number of nitrogens with zero attached hydrogens (tertiary/aromatic N) is 1. The summed E-state index contributed by atoms with van der Waals surface area (Å²) in [5.74, 6) is -0.274. The van der Waals surface area contributed by atoms with E-state index >= 15 is 0 Å². The van der Waals surface area contributed by atoms with E-state index in [2.05, 4.69) is 10.6 Å². The molecule has 1 aromatic rings. The van der Waals surface area contributed by atoms with Crippen LogP contribution in [-0.4, -0.2) is 48.7 Å². The van der Waals surface area contributed by atoms with Gasteiger partial charge in [0.15, 0.2) is 0 Å². The molecule has 1 aromatic carbocycles. The molecule has 0 aromatic heterocycles. The first kappa shape index (κ1) is 23.9. The summed E-state index contributed by atoms with van der Waals surface area (Å²) in [5.41, 5.74) is 0.317. The van der Waals surface area contributed by atoms with Gasteiger partial charge >= 0.3 is 6.09 Å². The topological polar surface area (TPSA) is 70.7 Å². The van der Waals surface area contributed by atoms with Gasteiger partial charge in [0, 0.05) is 12.6 Å². The molecule has 0 aliphatic heterocycles. The van der Waals surface area contributed by atoms with Crippen LogP contribution < -0.4 is 10.6 Å². The number of carbonyl (C=O) groups excluding carboxylic acids is 2. The zero-order valence-electron chi connectivity index (χ0n) is 18.0. The highest BCUT2D eigenvalue weighted by Crippen LogP contribution is 2.21. The molecule has 7 heteroatoms. The van der Waals surface area contributed by atoms with Crippen LogP contribution in [0.4, 0.5) is 9.18 Å². The van der Waals surface area contributed by atoms with Gasteiger partial charge in [-0.3, -0.25) is 9.69 Å². The lowest BCUT2D eigenvalue weighted by Crippen LogP contribution is -2.46. The zero-order chi connectivity index (χ0) is 21.5. The van der Waals surface area contributed by atoms with Crippen LogP contribution in [0.2, 0.25) is 0 Å². The van der Waals surface area contributed by atoms with Crippen molar-refractivity contribution in [2.45, 2.75) is 59.2 Å². The molecule has 0 radical (unpaired) electrons. The summed E-state index contributed by atoms with van der Waals surface area (Å²) in [7, 11) is 1.82. The molecular formula is C21H34FN3O3. The summed E-state index contributed by atoms with van der Waals surface area (Å²) in [5, 5.41) is 5.73. The van der Waals surface area contributed by atoms with E-state index < -0.39 is 11.7 Å². The van der Waals surface area contributed by atoms with Crippen molar-refractivity contribution in [3.05, 3.63) is 35.6 Å². The molecule has 0 aliphatic rings. The van der Waals surface area contributed by atoms with Gasteiger partial charge in [-0.15, -0.1) is 0 Å². The molecule has 2 atom stereocenters. The Balaban J connectivity index is 2.55. The van der Waals surface area contributed by atoms with Gasteiger partial charge < -0.3 is 15.4 Å². The first-order valence-electron chi connectivity index (χ1n) is 9.61. The highest BCUT2D eigenvalue weighted by atomic mass is 19.1. The fourth-order valence-electron chi connectivity index (χ4n) is 2.61. The molecule has 2 amide bonds. The minimum absolute atomic E-state index is 0.0541. The van der Waals surface area contributed by atoms with Gasteiger partial charge in [-0.2, -0.15) is 0 Å². The van der Waals surface area contributed by atoms with Crippen LogP contribution in [0, 0.1) is 11.7 Å². The summed E-state index contributed by atoms with van der Waals surface area (Å²) in [6.45, 7) is 11.9.